The quantitative estimate of drug-likeness (QED) is 0.645. The van der Waals surface area contributed by atoms with Gasteiger partial charge >= 0.3 is 0 Å². The molecule has 1 saturated heterocycles. The fraction of sp³-hybridized carbons (Fsp3) is 0.750. The summed E-state index contributed by atoms with van der Waals surface area (Å²) in [5.41, 5.74) is 0.986. The Kier molecular flexibility index (Phi) is 3.40. The molecule has 3 heteroatoms. The Morgan fingerprint density at radius 1 is 1.33 bits per heavy atom. The van der Waals surface area contributed by atoms with Crippen LogP contribution in [-0.2, 0) is 0 Å². The molecule has 0 spiro atoms. The number of nitriles is 1. The Labute approximate surface area is 92.0 Å². The van der Waals surface area contributed by atoms with Crippen molar-refractivity contribution in [3.63, 3.8) is 0 Å². The zero-order valence-electron chi connectivity index (χ0n) is 9.45. The Morgan fingerprint density at radius 2 is 2.07 bits per heavy atom. The molecule has 0 aromatic carbocycles. The maximum Gasteiger partial charge on any atom is 0.0943 e. The molecule has 1 aliphatic carbocycles. The lowest BCUT2D eigenvalue weighted by Crippen LogP contribution is -2.49. The minimum Gasteiger partial charge on any atom is -0.304 e. The second-order valence-corrected chi connectivity index (χ2v) is 4.61. The Bertz CT molecular complexity index is 282. The van der Waals surface area contributed by atoms with Gasteiger partial charge in [-0.1, -0.05) is 6.08 Å². The normalized spacial score (nSPS) is 29.6. The van der Waals surface area contributed by atoms with Gasteiger partial charge in [-0.25, -0.2) is 0 Å². The highest BCUT2D eigenvalue weighted by Gasteiger charge is 2.23. The first-order chi connectivity index (χ1) is 7.29. The summed E-state index contributed by atoms with van der Waals surface area (Å²) in [7, 11) is 2.19. The summed E-state index contributed by atoms with van der Waals surface area (Å²) in [6, 6.07) is 2.96. The summed E-state index contributed by atoms with van der Waals surface area (Å²) in [6.07, 6.45) is 5.36. The lowest BCUT2D eigenvalue weighted by Gasteiger charge is -2.38. The van der Waals surface area contributed by atoms with Crippen molar-refractivity contribution in [3.8, 4) is 6.07 Å². The summed E-state index contributed by atoms with van der Waals surface area (Å²) >= 11 is 0. The number of hydrogen-bond donors (Lipinski definition) is 0. The molecule has 0 amide bonds. The topological polar surface area (TPSA) is 30.3 Å². The summed E-state index contributed by atoms with van der Waals surface area (Å²) in [5.74, 6) is 0. The van der Waals surface area contributed by atoms with E-state index in [1.165, 1.54) is 32.6 Å². The molecular formula is C12H19N3. The highest BCUT2D eigenvalue weighted by atomic mass is 15.3. The van der Waals surface area contributed by atoms with E-state index in [0.29, 0.717) is 6.04 Å². The molecule has 0 N–H and O–H groups in total. The Morgan fingerprint density at radius 3 is 2.60 bits per heavy atom. The van der Waals surface area contributed by atoms with E-state index in [1.807, 2.05) is 0 Å². The second-order valence-electron chi connectivity index (χ2n) is 4.61. The van der Waals surface area contributed by atoms with E-state index in [9.17, 15) is 0 Å². The average Bonchev–Trinajstić information content (AvgIpc) is 2.30. The third-order valence-corrected chi connectivity index (χ3v) is 3.58. The van der Waals surface area contributed by atoms with E-state index in [1.54, 1.807) is 0 Å². The molecule has 82 valence electrons. The molecular weight excluding hydrogens is 186 g/mol. The number of allylic oxidation sites excluding steroid dienone is 1. The van der Waals surface area contributed by atoms with Crippen LogP contribution in [0, 0.1) is 11.3 Å². The lowest BCUT2D eigenvalue weighted by molar-refractivity contribution is 0.106. The van der Waals surface area contributed by atoms with Gasteiger partial charge in [0.25, 0.3) is 0 Å². The molecule has 1 heterocycles. The van der Waals surface area contributed by atoms with Gasteiger partial charge < -0.3 is 4.90 Å². The van der Waals surface area contributed by atoms with Crippen LogP contribution in [0.4, 0.5) is 0 Å². The maximum atomic E-state index is 8.78. The third kappa shape index (κ3) is 2.58. The molecule has 0 aromatic heterocycles. The van der Waals surface area contributed by atoms with Gasteiger partial charge in [-0.05, 0) is 26.3 Å². The predicted octanol–water partition coefficient (Wildman–Crippen LogP) is 1.24. The number of nitrogens with zero attached hydrogens (tertiary/aromatic N) is 3. The summed E-state index contributed by atoms with van der Waals surface area (Å²) in [6.45, 7) is 4.75. The molecule has 1 fully saturated rings. The molecule has 1 unspecified atom stereocenters. The maximum absolute atomic E-state index is 8.78. The van der Waals surface area contributed by atoms with Crippen molar-refractivity contribution >= 4 is 0 Å². The summed E-state index contributed by atoms with van der Waals surface area (Å²) in [5, 5.41) is 8.78. The van der Waals surface area contributed by atoms with Crippen LogP contribution < -0.4 is 0 Å². The van der Waals surface area contributed by atoms with E-state index >= 15 is 0 Å². The fourth-order valence-electron chi connectivity index (χ4n) is 2.44. The summed E-state index contributed by atoms with van der Waals surface area (Å²) < 4.78 is 0. The van der Waals surface area contributed by atoms with Gasteiger partial charge in [0.2, 0.25) is 0 Å². The van der Waals surface area contributed by atoms with Crippen LogP contribution in [0.15, 0.2) is 11.6 Å². The van der Waals surface area contributed by atoms with Gasteiger partial charge in [-0.2, -0.15) is 5.26 Å². The molecule has 1 atom stereocenters. The lowest BCUT2D eigenvalue weighted by atomic mass is 9.94. The van der Waals surface area contributed by atoms with Crippen LogP contribution in [0.5, 0.6) is 0 Å². The molecule has 1 aliphatic heterocycles. The molecule has 2 rings (SSSR count). The zero-order valence-corrected chi connectivity index (χ0v) is 9.45. The third-order valence-electron chi connectivity index (χ3n) is 3.58. The van der Waals surface area contributed by atoms with E-state index in [0.717, 1.165) is 18.4 Å². The second kappa shape index (κ2) is 4.78. The Hall–Kier alpha value is -0.850. The van der Waals surface area contributed by atoms with Crippen LogP contribution in [0.25, 0.3) is 0 Å². The van der Waals surface area contributed by atoms with Crippen LogP contribution in [0.3, 0.4) is 0 Å². The van der Waals surface area contributed by atoms with Gasteiger partial charge in [0.1, 0.15) is 0 Å². The van der Waals surface area contributed by atoms with Crippen LogP contribution in [0.1, 0.15) is 19.3 Å². The van der Waals surface area contributed by atoms with Gasteiger partial charge in [-0.15, -0.1) is 0 Å². The molecule has 0 bridgehead atoms. The minimum atomic E-state index is 0.691. The van der Waals surface area contributed by atoms with Crippen LogP contribution in [0.2, 0.25) is 0 Å². The molecule has 15 heavy (non-hydrogen) atoms. The predicted molar refractivity (Wildman–Crippen MR) is 60.4 cm³/mol. The first kappa shape index (κ1) is 10.7. The van der Waals surface area contributed by atoms with Gasteiger partial charge in [0.05, 0.1) is 6.07 Å². The van der Waals surface area contributed by atoms with Crippen molar-refractivity contribution in [1.29, 1.82) is 5.26 Å². The van der Waals surface area contributed by atoms with Crippen molar-refractivity contribution in [2.45, 2.75) is 25.3 Å². The van der Waals surface area contributed by atoms with Crippen molar-refractivity contribution in [3.05, 3.63) is 11.6 Å². The zero-order chi connectivity index (χ0) is 10.7. The first-order valence-corrected chi connectivity index (χ1v) is 5.81. The molecule has 0 aromatic rings. The highest BCUT2D eigenvalue weighted by molar-refractivity contribution is 5.23. The molecule has 3 nitrogen and oxygen atoms in total. The van der Waals surface area contributed by atoms with Crippen LogP contribution >= 0.6 is 0 Å². The van der Waals surface area contributed by atoms with Gasteiger partial charge in [0, 0.05) is 37.8 Å². The first-order valence-electron chi connectivity index (χ1n) is 5.81. The fourth-order valence-corrected chi connectivity index (χ4v) is 2.44. The van der Waals surface area contributed by atoms with E-state index in [4.69, 9.17) is 5.26 Å². The standard InChI is InChI=1S/C12H19N3/c1-14-6-8-15(9-7-14)12-4-2-11(10-13)3-5-12/h2,12H,3-9H2,1H3. The summed E-state index contributed by atoms with van der Waals surface area (Å²) in [4.78, 5) is 4.97. The van der Waals surface area contributed by atoms with E-state index in [2.05, 4.69) is 29.0 Å². The van der Waals surface area contributed by atoms with E-state index < -0.39 is 0 Å². The molecule has 2 aliphatic rings. The van der Waals surface area contributed by atoms with Gasteiger partial charge in [0.15, 0.2) is 0 Å². The number of piperazine rings is 1. The van der Waals surface area contributed by atoms with Crippen molar-refractivity contribution in [2.75, 3.05) is 33.2 Å². The van der Waals surface area contributed by atoms with Crippen molar-refractivity contribution in [1.82, 2.24) is 9.80 Å². The smallest absolute Gasteiger partial charge is 0.0943 e. The minimum absolute atomic E-state index is 0.691. The SMILES string of the molecule is CN1CCN(C2CC=C(C#N)CC2)CC1. The number of rotatable bonds is 1. The monoisotopic (exact) mass is 205 g/mol. The van der Waals surface area contributed by atoms with Crippen molar-refractivity contribution < 1.29 is 0 Å². The highest BCUT2D eigenvalue weighted by Crippen LogP contribution is 2.22. The average molecular weight is 205 g/mol. The van der Waals surface area contributed by atoms with Gasteiger partial charge in [-0.3, -0.25) is 4.90 Å². The Balaban J connectivity index is 1.86. The molecule has 0 saturated carbocycles. The van der Waals surface area contributed by atoms with Crippen molar-refractivity contribution in [2.24, 2.45) is 0 Å². The number of hydrogen-bond acceptors (Lipinski definition) is 3. The number of likely N-dealkylation sites (N-methyl/N-ethyl adjacent to an activating group) is 1. The van der Waals surface area contributed by atoms with E-state index in [-0.39, 0.29) is 0 Å². The van der Waals surface area contributed by atoms with Crippen LogP contribution in [-0.4, -0.2) is 49.1 Å². The molecule has 0 radical (unpaired) electrons. The largest absolute Gasteiger partial charge is 0.304 e.